The molecule has 2 rings (SSSR count). The number of nitrogens with zero attached hydrogens (tertiary/aromatic N) is 3. The van der Waals surface area contributed by atoms with Crippen molar-refractivity contribution in [1.82, 2.24) is 14.5 Å². The molecular formula is C15H21ClN4. The Bertz CT molecular complexity index is 579. The Labute approximate surface area is 125 Å². The normalized spacial score (nSPS) is 12.9. The second-order valence-corrected chi connectivity index (χ2v) is 5.56. The van der Waals surface area contributed by atoms with Crippen LogP contribution < -0.4 is 5.73 Å². The third kappa shape index (κ3) is 3.20. The third-order valence-corrected chi connectivity index (χ3v) is 3.89. The van der Waals surface area contributed by atoms with Gasteiger partial charge in [0.1, 0.15) is 5.82 Å². The minimum atomic E-state index is 0.156. The minimum Gasteiger partial charge on any atom is -0.337 e. The van der Waals surface area contributed by atoms with Gasteiger partial charge in [0.15, 0.2) is 0 Å². The summed E-state index contributed by atoms with van der Waals surface area (Å²) in [5, 5.41) is 0.758. The van der Waals surface area contributed by atoms with Gasteiger partial charge in [0.25, 0.3) is 0 Å². The van der Waals surface area contributed by atoms with Crippen LogP contribution in [0.3, 0.4) is 0 Å². The summed E-state index contributed by atoms with van der Waals surface area (Å²) in [4.78, 5) is 6.58. The van der Waals surface area contributed by atoms with Crippen LogP contribution in [0.4, 0.5) is 0 Å². The number of rotatable bonds is 5. The maximum absolute atomic E-state index is 6.02. The van der Waals surface area contributed by atoms with Crippen LogP contribution in [-0.4, -0.2) is 28.0 Å². The molecule has 0 saturated carbocycles. The fourth-order valence-corrected chi connectivity index (χ4v) is 2.67. The maximum atomic E-state index is 6.02. The van der Waals surface area contributed by atoms with Gasteiger partial charge in [-0.3, -0.25) is 4.90 Å². The fraction of sp³-hybridized carbons (Fsp3) is 0.400. The second kappa shape index (κ2) is 6.39. The summed E-state index contributed by atoms with van der Waals surface area (Å²) in [7, 11) is 4.07. The molecule has 0 aliphatic carbocycles. The molecule has 0 saturated heterocycles. The van der Waals surface area contributed by atoms with Crippen molar-refractivity contribution in [1.29, 1.82) is 0 Å². The quantitative estimate of drug-likeness (QED) is 0.921. The predicted octanol–water partition coefficient (Wildman–Crippen LogP) is 2.51. The second-order valence-electron chi connectivity index (χ2n) is 5.12. The van der Waals surface area contributed by atoms with Crippen molar-refractivity contribution in [2.45, 2.75) is 19.5 Å². The summed E-state index contributed by atoms with van der Waals surface area (Å²) in [5.41, 5.74) is 8.36. The molecule has 0 aliphatic heterocycles. The highest BCUT2D eigenvalue weighted by Gasteiger charge is 2.18. The van der Waals surface area contributed by atoms with Crippen LogP contribution in [-0.2, 0) is 13.6 Å². The lowest BCUT2D eigenvalue weighted by molar-refractivity contribution is 0.233. The van der Waals surface area contributed by atoms with E-state index in [2.05, 4.69) is 29.9 Å². The zero-order valence-electron chi connectivity index (χ0n) is 12.2. The van der Waals surface area contributed by atoms with Gasteiger partial charge in [0.05, 0.1) is 6.54 Å². The molecule has 20 heavy (non-hydrogen) atoms. The van der Waals surface area contributed by atoms with E-state index in [0.29, 0.717) is 6.54 Å². The molecule has 1 heterocycles. The number of aryl methyl sites for hydroxylation is 2. The van der Waals surface area contributed by atoms with E-state index in [1.54, 1.807) is 0 Å². The molecule has 5 heteroatoms. The number of halogens is 1. The largest absolute Gasteiger partial charge is 0.337 e. The van der Waals surface area contributed by atoms with Gasteiger partial charge >= 0.3 is 0 Å². The van der Waals surface area contributed by atoms with Crippen LogP contribution in [0.1, 0.15) is 23.0 Å². The van der Waals surface area contributed by atoms with Crippen LogP contribution in [0.5, 0.6) is 0 Å². The van der Waals surface area contributed by atoms with Crippen LogP contribution in [0.15, 0.2) is 30.6 Å². The molecule has 1 aromatic heterocycles. The van der Waals surface area contributed by atoms with Crippen LogP contribution >= 0.6 is 11.6 Å². The molecule has 0 radical (unpaired) electrons. The van der Waals surface area contributed by atoms with Crippen molar-refractivity contribution in [2.75, 3.05) is 13.6 Å². The lowest BCUT2D eigenvalue weighted by atomic mass is 10.0. The zero-order chi connectivity index (χ0) is 14.7. The molecule has 0 amide bonds. The minimum absolute atomic E-state index is 0.156. The lowest BCUT2D eigenvalue weighted by Crippen LogP contribution is -2.31. The van der Waals surface area contributed by atoms with Crippen molar-refractivity contribution in [3.05, 3.63) is 52.6 Å². The number of aromatic nitrogens is 2. The molecule has 0 bridgehead atoms. The van der Waals surface area contributed by atoms with E-state index in [1.807, 2.05) is 36.1 Å². The number of imidazole rings is 1. The van der Waals surface area contributed by atoms with Crippen LogP contribution in [0.2, 0.25) is 5.02 Å². The predicted molar refractivity (Wildman–Crippen MR) is 82.7 cm³/mol. The standard InChI is InChI=1S/C15H21ClN4/c1-11-8-12(16)4-5-13(11)14(9-17)20(3)10-15-18-6-7-19(15)2/h4-8,14H,9-10,17H2,1-3H3. The molecule has 2 aromatic rings. The van der Waals surface area contributed by atoms with Gasteiger partial charge in [-0.2, -0.15) is 0 Å². The highest BCUT2D eigenvalue weighted by Crippen LogP contribution is 2.25. The molecule has 4 nitrogen and oxygen atoms in total. The molecule has 1 unspecified atom stereocenters. The number of likely N-dealkylation sites (N-methyl/N-ethyl adjacent to an activating group) is 1. The first-order valence-corrected chi connectivity index (χ1v) is 7.03. The fourth-order valence-electron chi connectivity index (χ4n) is 2.44. The average molecular weight is 293 g/mol. The summed E-state index contributed by atoms with van der Waals surface area (Å²) in [6.45, 7) is 3.38. The maximum Gasteiger partial charge on any atom is 0.122 e. The lowest BCUT2D eigenvalue weighted by Gasteiger charge is -2.28. The molecule has 2 N–H and O–H groups in total. The molecule has 0 spiro atoms. The van der Waals surface area contributed by atoms with Gasteiger partial charge < -0.3 is 10.3 Å². The Morgan fingerprint density at radius 3 is 2.75 bits per heavy atom. The highest BCUT2D eigenvalue weighted by atomic mass is 35.5. The molecule has 1 aromatic carbocycles. The Morgan fingerprint density at radius 2 is 2.20 bits per heavy atom. The highest BCUT2D eigenvalue weighted by molar-refractivity contribution is 6.30. The summed E-state index contributed by atoms with van der Waals surface area (Å²) in [5.74, 6) is 1.03. The van der Waals surface area contributed by atoms with E-state index in [-0.39, 0.29) is 6.04 Å². The summed E-state index contributed by atoms with van der Waals surface area (Å²) < 4.78 is 2.03. The van der Waals surface area contributed by atoms with E-state index in [9.17, 15) is 0 Å². The SMILES string of the molecule is Cc1cc(Cl)ccc1C(CN)N(C)Cc1nccn1C. The average Bonchev–Trinajstić information content (AvgIpc) is 2.78. The molecule has 0 fully saturated rings. The molecule has 1 atom stereocenters. The number of hydrogen-bond acceptors (Lipinski definition) is 3. The zero-order valence-corrected chi connectivity index (χ0v) is 12.9. The summed E-state index contributed by atoms with van der Waals surface area (Å²) in [6, 6.07) is 6.11. The van der Waals surface area contributed by atoms with E-state index in [0.717, 1.165) is 17.4 Å². The van der Waals surface area contributed by atoms with Gasteiger partial charge in [-0.25, -0.2) is 4.98 Å². The van der Waals surface area contributed by atoms with Gasteiger partial charge in [-0.05, 0) is 37.2 Å². The smallest absolute Gasteiger partial charge is 0.122 e. The first-order chi connectivity index (χ1) is 9.52. The summed E-state index contributed by atoms with van der Waals surface area (Å²) >= 11 is 6.02. The Hall–Kier alpha value is -1.36. The van der Waals surface area contributed by atoms with Crippen molar-refractivity contribution < 1.29 is 0 Å². The molecule has 0 aliphatic rings. The first-order valence-electron chi connectivity index (χ1n) is 6.65. The third-order valence-electron chi connectivity index (χ3n) is 3.66. The van der Waals surface area contributed by atoms with E-state index in [1.165, 1.54) is 11.1 Å². The van der Waals surface area contributed by atoms with Crippen molar-refractivity contribution in [2.24, 2.45) is 12.8 Å². The molecular weight excluding hydrogens is 272 g/mol. The topological polar surface area (TPSA) is 47.1 Å². The van der Waals surface area contributed by atoms with Gasteiger partial charge in [-0.1, -0.05) is 17.7 Å². The monoisotopic (exact) mass is 292 g/mol. The van der Waals surface area contributed by atoms with Crippen LogP contribution in [0, 0.1) is 6.92 Å². The Kier molecular flexibility index (Phi) is 4.81. The number of benzene rings is 1. The molecule has 108 valence electrons. The van der Waals surface area contributed by atoms with Crippen molar-refractivity contribution in [3.8, 4) is 0 Å². The van der Waals surface area contributed by atoms with Gasteiger partial charge in [0.2, 0.25) is 0 Å². The van der Waals surface area contributed by atoms with Crippen molar-refractivity contribution in [3.63, 3.8) is 0 Å². The van der Waals surface area contributed by atoms with E-state index < -0.39 is 0 Å². The van der Waals surface area contributed by atoms with Gasteiger partial charge in [0, 0.05) is 37.1 Å². The van der Waals surface area contributed by atoms with Crippen LogP contribution in [0.25, 0.3) is 0 Å². The first kappa shape index (κ1) is 15.0. The van der Waals surface area contributed by atoms with Gasteiger partial charge in [-0.15, -0.1) is 0 Å². The van der Waals surface area contributed by atoms with E-state index in [4.69, 9.17) is 17.3 Å². The number of nitrogens with two attached hydrogens (primary N) is 1. The Balaban J connectivity index is 2.21. The van der Waals surface area contributed by atoms with E-state index >= 15 is 0 Å². The van der Waals surface area contributed by atoms with Crippen molar-refractivity contribution >= 4 is 11.6 Å². The Morgan fingerprint density at radius 1 is 1.45 bits per heavy atom. The number of hydrogen-bond donors (Lipinski definition) is 1. The summed E-state index contributed by atoms with van der Waals surface area (Å²) in [6.07, 6.45) is 3.77.